The van der Waals surface area contributed by atoms with Gasteiger partial charge in [-0.3, -0.25) is 0 Å². The Bertz CT molecular complexity index is 437. The predicted molar refractivity (Wildman–Crippen MR) is 86.6 cm³/mol. The maximum absolute atomic E-state index is 2.22. The van der Waals surface area contributed by atoms with Gasteiger partial charge in [0.2, 0.25) is 0 Å². The molecule has 3 rings (SSSR count). The van der Waals surface area contributed by atoms with Crippen molar-refractivity contribution in [3.8, 4) is 11.1 Å². The van der Waals surface area contributed by atoms with Crippen LogP contribution in [0, 0.1) is 0 Å². The second-order valence-corrected chi connectivity index (χ2v) is 4.91. The summed E-state index contributed by atoms with van der Waals surface area (Å²) in [7, 11) is 0. The van der Waals surface area contributed by atoms with E-state index >= 15 is 0 Å². The average Bonchev–Trinajstić information content (AvgIpc) is 2.79. The molecule has 0 heterocycles. The predicted octanol–water partition coefficient (Wildman–Crippen LogP) is 6.09. The molecule has 0 aromatic heterocycles. The first kappa shape index (κ1) is 15.5. The Morgan fingerprint density at radius 2 is 0.947 bits per heavy atom. The summed E-state index contributed by atoms with van der Waals surface area (Å²) in [5.74, 6) is 0. The molecule has 2 aromatic carbocycles. The fourth-order valence-corrected chi connectivity index (χ4v) is 2.08. The molecular weight excluding hydrogens is 228 g/mol. The van der Waals surface area contributed by atoms with Crippen molar-refractivity contribution >= 4 is 0 Å². The van der Waals surface area contributed by atoms with E-state index in [1.165, 1.54) is 35.1 Å². The summed E-state index contributed by atoms with van der Waals surface area (Å²) in [4.78, 5) is 0. The summed E-state index contributed by atoms with van der Waals surface area (Å²) in [5.41, 5.74) is 5.75. The van der Waals surface area contributed by atoms with Crippen molar-refractivity contribution in [2.75, 3.05) is 0 Å². The molecule has 2 aromatic rings. The van der Waals surface area contributed by atoms with Crippen LogP contribution in [0.25, 0.3) is 11.1 Å². The van der Waals surface area contributed by atoms with Gasteiger partial charge in [-0.1, -0.05) is 89.1 Å². The molecule has 1 aliphatic carbocycles. The Morgan fingerprint density at radius 3 is 1.32 bits per heavy atom. The summed E-state index contributed by atoms with van der Waals surface area (Å²) in [6.07, 6.45) is 3.60. The summed E-state index contributed by atoms with van der Waals surface area (Å²) < 4.78 is 0. The van der Waals surface area contributed by atoms with Crippen LogP contribution in [-0.2, 0) is 6.42 Å². The van der Waals surface area contributed by atoms with Crippen LogP contribution in [0.4, 0.5) is 0 Å². The highest BCUT2D eigenvalue weighted by molar-refractivity contribution is 5.76. The highest BCUT2D eigenvalue weighted by Gasteiger charge is 2.15. The largest absolute Gasteiger partial charge is 0.0656 e. The van der Waals surface area contributed by atoms with Crippen molar-refractivity contribution in [2.24, 2.45) is 0 Å². The number of rotatable bonds is 0. The zero-order valence-electron chi connectivity index (χ0n) is 12.7. The number of hydrogen-bond donors (Lipinski definition) is 0. The van der Waals surface area contributed by atoms with Crippen molar-refractivity contribution in [1.82, 2.24) is 0 Å². The lowest BCUT2D eigenvalue weighted by Crippen LogP contribution is -1.77. The molecule has 0 spiro atoms. The number of fused-ring (bicyclic) bond motifs is 3. The fraction of sp³-hybridized carbons (Fsp3) is 0.368. The van der Waals surface area contributed by atoms with Gasteiger partial charge in [0.1, 0.15) is 0 Å². The van der Waals surface area contributed by atoms with Gasteiger partial charge < -0.3 is 0 Å². The van der Waals surface area contributed by atoms with E-state index < -0.39 is 0 Å². The third kappa shape index (κ3) is 4.24. The van der Waals surface area contributed by atoms with E-state index in [4.69, 9.17) is 0 Å². The fourth-order valence-electron chi connectivity index (χ4n) is 2.08. The topological polar surface area (TPSA) is 0 Å². The molecule has 0 saturated carbocycles. The molecule has 0 unspecified atom stereocenters. The van der Waals surface area contributed by atoms with E-state index in [1.54, 1.807) is 0 Å². The summed E-state index contributed by atoms with van der Waals surface area (Å²) >= 11 is 0. The molecule has 0 N–H and O–H groups in total. The Balaban J connectivity index is 0.000000261. The molecule has 0 heteroatoms. The van der Waals surface area contributed by atoms with Crippen LogP contribution in [0.2, 0.25) is 0 Å². The molecule has 0 saturated heterocycles. The normalized spacial score (nSPS) is 10.3. The van der Waals surface area contributed by atoms with E-state index in [1.807, 2.05) is 0 Å². The highest BCUT2D eigenvalue weighted by Crippen LogP contribution is 2.35. The SMILES string of the molecule is CCC.CCC.c1ccc2c(c1)Cc1ccccc1-2. The smallest absolute Gasteiger partial charge is 0.00135 e. The first-order valence-corrected chi connectivity index (χ1v) is 7.44. The molecule has 0 bridgehead atoms. The molecule has 0 aliphatic heterocycles. The minimum Gasteiger partial charge on any atom is -0.0656 e. The quantitative estimate of drug-likeness (QED) is 0.455. The number of benzene rings is 2. The van der Waals surface area contributed by atoms with Gasteiger partial charge >= 0.3 is 0 Å². The maximum atomic E-state index is 2.22. The zero-order chi connectivity index (χ0) is 14.1. The standard InChI is InChI=1S/C13H10.2C3H8/c1-3-7-12-10(5-1)9-11-6-2-4-8-13(11)12;2*1-3-2/h1-8H,9H2;2*3H2,1-2H3. The molecule has 0 atom stereocenters. The third-order valence-electron chi connectivity index (χ3n) is 2.71. The average molecular weight is 254 g/mol. The molecule has 0 amide bonds. The van der Waals surface area contributed by atoms with Gasteiger partial charge in [0, 0.05) is 0 Å². The van der Waals surface area contributed by atoms with E-state index in [2.05, 4.69) is 76.2 Å². The monoisotopic (exact) mass is 254 g/mol. The molecule has 0 fully saturated rings. The summed E-state index contributed by atoms with van der Waals surface area (Å²) in [6, 6.07) is 17.3. The van der Waals surface area contributed by atoms with E-state index in [-0.39, 0.29) is 0 Å². The second kappa shape index (κ2) is 8.53. The number of hydrogen-bond acceptors (Lipinski definition) is 0. The van der Waals surface area contributed by atoms with Crippen molar-refractivity contribution in [1.29, 1.82) is 0 Å². The Labute approximate surface area is 118 Å². The van der Waals surface area contributed by atoms with E-state index in [0.717, 1.165) is 6.42 Å². The summed E-state index contributed by atoms with van der Waals surface area (Å²) in [5, 5.41) is 0. The van der Waals surface area contributed by atoms with Crippen LogP contribution in [0.5, 0.6) is 0 Å². The van der Waals surface area contributed by atoms with Crippen molar-refractivity contribution < 1.29 is 0 Å². The lowest BCUT2D eigenvalue weighted by Gasteiger charge is -1.98. The first-order chi connectivity index (χ1) is 9.28. The minimum atomic E-state index is 1.10. The van der Waals surface area contributed by atoms with E-state index in [9.17, 15) is 0 Å². The lowest BCUT2D eigenvalue weighted by molar-refractivity contribution is 1.09. The van der Waals surface area contributed by atoms with Crippen LogP contribution >= 0.6 is 0 Å². The Hall–Kier alpha value is -1.56. The van der Waals surface area contributed by atoms with Crippen molar-refractivity contribution in [2.45, 2.75) is 47.0 Å². The summed E-state index contributed by atoms with van der Waals surface area (Å²) in [6.45, 7) is 8.50. The van der Waals surface area contributed by atoms with Gasteiger partial charge in [-0.15, -0.1) is 0 Å². The van der Waals surface area contributed by atoms with Crippen LogP contribution in [-0.4, -0.2) is 0 Å². The van der Waals surface area contributed by atoms with Crippen molar-refractivity contribution in [3.63, 3.8) is 0 Å². The molecule has 19 heavy (non-hydrogen) atoms. The van der Waals surface area contributed by atoms with Gasteiger partial charge in [0.15, 0.2) is 0 Å². The Kier molecular flexibility index (Phi) is 6.95. The van der Waals surface area contributed by atoms with Crippen LogP contribution in [0.15, 0.2) is 48.5 Å². The molecule has 102 valence electrons. The second-order valence-electron chi connectivity index (χ2n) is 4.91. The van der Waals surface area contributed by atoms with Crippen LogP contribution in [0.3, 0.4) is 0 Å². The third-order valence-corrected chi connectivity index (χ3v) is 2.71. The highest BCUT2D eigenvalue weighted by atomic mass is 14.2. The van der Waals surface area contributed by atoms with Crippen LogP contribution in [0.1, 0.15) is 51.7 Å². The van der Waals surface area contributed by atoms with Gasteiger partial charge in [-0.2, -0.15) is 0 Å². The van der Waals surface area contributed by atoms with Gasteiger partial charge in [-0.05, 0) is 28.7 Å². The van der Waals surface area contributed by atoms with Gasteiger partial charge in [0.25, 0.3) is 0 Å². The maximum Gasteiger partial charge on any atom is -0.00135 e. The molecular formula is C19H26. The first-order valence-electron chi connectivity index (χ1n) is 7.44. The van der Waals surface area contributed by atoms with Gasteiger partial charge in [-0.25, -0.2) is 0 Å². The van der Waals surface area contributed by atoms with Gasteiger partial charge in [0.05, 0.1) is 0 Å². The molecule has 1 aliphatic rings. The van der Waals surface area contributed by atoms with E-state index in [0.29, 0.717) is 0 Å². The molecule has 0 radical (unpaired) electrons. The minimum absolute atomic E-state index is 1.10. The Morgan fingerprint density at radius 1 is 0.632 bits per heavy atom. The lowest BCUT2D eigenvalue weighted by atomic mass is 10.1. The van der Waals surface area contributed by atoms with Crippen molar-refractivity contribution in [3.05, 3.63) is 59.7 Å². The molecule has 0 nitrogen and oxygen atoms in total. The van der Waals surface area contributed by atoms with Crippen LogP contribution < -0.4 is 0 Å². The zero-order valence-corrected chi connectivity index (χ0v) is 12.7.